The van der Waals surface area contributed by atoms with Crippen molar-refractivity contribution in [3.05, 3.63) is 218 Å². The number of benzene rings is 7. The first-order chi connectivity index (χ1) is 25.7. The number of nitrogens with zero attached hydrogens (tertiary/aromatic N) is 2. The lowest BCUT2D eigenvalue weighted by Crippen LogP contribution is -2.68. The summed E-state index contributed by atoms with van der Waals surface area (Å²) in [6.07, 6.45) is 0.426. The van der Waals surface area contributed by atoms with Crippen molar-refractivity contribution in [2.24, 2.45) is 10.3 Å². The molecule has 0 N–H and O–H groups in total. The van der Waals surface area contributed by atoms with E-state index in [0.29, 0.717) is 6.42 Å². The van der Waals surface area contributed by atoms with Gasteiger partial charge in [0.15, 0.2) is 0 Å². The van der Waals surface area contributed by atoms with Crippen molar-refractivity contribution in [3.63, 3.8) is 0 Å². The van der Waals surface area contributed by atoms with Crippen molar-refractivity contribution in [3.8, 4) is 0 Å². The molecule has 6 heteroatoms. The van der Waals surface area contributed by atoms with E-state index in [4.69, 9.17) is 19.4 Å². The van der Waals surface area contributed by atoms with Crippen molar-refractivity contribution in [1.82, 2.24) is 0 Å². The van der Waals surface area contributed by atoms with Crippen LogP contribution in [0.25, 0.3) is 0 Å². The maximum Gasteiger partial charge on any atom is 0.380 e. The van der Waals surface area contributed by atoms with Gasteiger partial charge in [0.25, 0.3) is 0 Å². The van der Waals surface area contributed by atoms with Crippen LogP contribution in [0.4, 0.5) is 0 Å². The molecule has 0 aliphatic rings. The Balaban J connectivity index is 1.33. The molecule has 52 heavy (non-hydrogen) atoms. The van der Waals surface area contributed by atoms with E-state index in [1.807, 2.05) is 61.5 Å². The molecule has 254 valence electrons. The lowest BCUT2D eigenvalue weighted by molar-refractivity contribution is 0.345. The number of hydrogen-bond donors (Lipinski definition) is 0. The largest absolute Gasteiger partial charge is 0.438 e. The van der Waals surface area contributed by atoms with E-state index in [2.05, 4.69) is 158 Å². The minimum Gasteiger partial charge on any atom is -0.438 e. The van der Waals surface area contributed by atoms with Crippen LogP contribution in [-0.4, -0.2) is 28.1 Å². The molecule has 7 aromatic rings. The summed E-state index contributed by atoms with van der Waals surface area (Å²) in [5.74, 6) is 0. The fourth-order valence-electron chi connectivity index (χ4n) is 6.72. The van der Waals surface area contributed by atoms with Gasteiger partial charge in [0.2, 0.25) is 0 Å². The van der Waals surface area contributed by atoms with Gasteiger partial charge >= 0.3 is 16.6 Å². The summed E-state index contributed by atoms with van der Waals surface area (Å²) in [5.41, 5.74) is 2.53. The van der Waals surface area contributed by atoms with Crippen LogP contribution in [0.2, 0.25) is 0 Å². The monoisotopic (exact) mass is 708 g/mol. The Labute approximate surface area is 308 Å². The summed E-state index contributed by atoms with van der Waals surface area (Å²) < 4.78 is 14.1. The molecule has 0 bridgehead atoms. The molecule has 7 aromatic carbocycles. The molecule has 0 heterocycles. The molecular weight excluding hydrogens is 669 g/mol. The Hall–Kier alpha value is -6.09. The van der Waals surface area contributed by atoms with Crippen LogP contribution in [0.1, 0.15) is 18.9 Å². The van der Waals surface area contributed by atoms with Crippen molar-refractivity contribution in [1.29, 1.82) is 0 Å². The molecule has 0 saturated carbocycles. The van der Waals surface area contributed by atoms with Crippen LogP contribution in [0, 0.1) is 0 Å². The molecule has 7 rings (SSSR count). The third kappa shape index (κ3) is 7.21. The molecule has 0 fully saturated rings. The zero-order valence-electron chi connectivity index (χ0n) is 29.1. The summed E-state index contributed by atoms with van der Waals surface area (Å²) in [6, 6.07) is 73.2. The predicted molar refractivity (Wildman–Crippen MR) is 221 cm³/mol. The third-order valence-electron chi connectivity index (χ3n) is 9.24. The topological polar surface area (TPSA) is 43.2 Å². The maximum atomic E-state index is 7.10. The highest BCUT2D eigenvalue weighted by Crippen LogP contribution is 2.15. The normalized spacial score (nSPS) is 12.2. The Kier molecular flexibility index (Phi) is 10.8. The molecule has 0 saturated heterocycles. The lowest BCUT2D eigenvalue weighted by atomic mass is 10.1. The number of hydrogen-bond acceptors (Lipinski definition) is 4. The van der Waals surface area contributed by atoms with E-state index >= 15 is 0 Å². The molecule has 0 aliphatic carbocycles. The Morgan fingerprint density at radius 3 is 0.904 bits per heavy atom. The van der Waals surface area contributed by atoms with Gasteiger partial charge < -0.3 is 9.05 Å². The SMILES string of the molecule is CC(CC(=NO[Si](c1ccccc1)(c1ccccc1)c1ccccc1)c1ccccc1)=NO[Si](c1ccccc1)(c1ccccc1)c1ccccc1. The highest BCUT2D eigenvalue weighted by molar-refractivity contribution is 7.07. The first-order valence-corrected chi connectivity index (χ1v) is 21.4. The number of rotatable bonds is 13. The average Bonchev–Trinajstić information content (AvgIpc) is 3.23. The average molecular weight is 709 g/mol. The van der Waals surface area contributed by atoms with E-state index in [1.165, 1.54) is 0 Å². The molecule has 0 spiro atoms. The van der Waals surface area contributed by atoms with Crippen LogP contribution in [0.15, 0.2) is 223 Å². The van der Waals surface area contributed by atoms with Crippen molar-refractivity contribution in [2.45, 2.75) is 13.3 Å². The molecule has 0 amide bonds. The molecule has 0 aliphatic heterocycles. The standard InChI is InChI=1S/C46H40N2O2Si2/c1-38(47-49-51(40-25-11-3-12-26-40,41-27-13-4-14-28-41)42-29-15-5-16-30-42)37-46(39-23-9-2-10-24-39)48-50-52(43-31-17-6-18-32-43,44-33-19-7-20-34-44)45-35-21-8-22-36-45/h2-36H,37H2,1H3. The maximum absolute atomic E-state index is 7.10. The van der Waals surface area contributed by atoms with E-state index in [9.17, 15) is 0 Å². The second-order valence-corrected chi connectivity index (χ2v) is 19.2. The first kappa shape index (κ1) is 34.4. The fourth-order valence-corrected chi connectivity index (χ4v) is 13.9. The van der Waals surface area contributed by atoms with E-state index in [-0.39, 0.29) is 0 Å². The van der Waals surface area contributed by atoms with E-state index in [1.54, 1.807) is 0 Å². The Morgan fingerprint density at radius 1 is 0.365 bits per heavy atom. The van der Waals surface area contributed by atoms with Crippen molar-refractivity contribution in [2.75, 3.05) is 0 Å². The zero-order valence-corrected chi connectivity index (χ0v) is 31.1. The highest BCUT2D eigenvalue weighted by atomic mass is 28.4. The summed E-state index contributed by atoms with van der Waals surface area (Å²) >= 11 is 0. The smallest absolute Gasteiger partial charge is 0.380 e. The van der Waals surface area contributed by atoms with E-state index in [0.717, 1.165) is 48.1 Å². The van der Waals surface area contributed by atoms with Crippen molar-refractivity contribution < 1.29 is 9.05 Å². The minimum atomic E-state index is -3.10. The third-order valence-corrected chi connectivity index (χ3v) is 16.9. The molecule has 4 nitrogen and oxygen atoms in total. The second kappa shape index (κ2) is 16.3. The van der Waals surface area contributed by atoms with Gasteiger partial charge in [0, 0.05) is 6.42 Å². The van der Waals surface area contributed by atoms with Crippen LogP contribution < -0.4 is 31.1 Å². The van der Waals surface area contributed by atoms with Crippen molar-refractivity contribution >= 4 is 59.2 Å². The molecule has 0 aromatic heterocycles. The quantitative estimate of drug-likeness (QED) is 0.0593. The summed E-state index contributed by atoms with van der Waals surface area (Å²) in [4.78, 5) is 0. The summed E-state index contributed by atoms with van der Waals surface area (Å²) in [5, 5.41) is 16.8. The van der Waals surface area contributed by atoms with Crippen LogP contribution >= 0.6 is 0 Å². The van der Waals surface area contributed by atoms with Gasteiger partial charge in [-0.25, -0.2) is 0 Å². The molecular formula is C46H40N2O2Si2. The summed E-state index contributed by atoms with van der Waals surface area (Å²) in [6.45, 7) is 2.01. The molecule has 0 radical (unpaired) electrons. The molecule has 0 atom stereocenters. The summed E-state index contributed by atoms with van der Waals surface area (Å²) in [7, 11) is -6.15. The highest BCUT2D eigenvalue weighted by Gasteiger charge is 2.46. The first-order valence-electron chi connectivity index (χ1n) is 17.6. The van der Waals surface area contributed by atoms with E-state index < -0.39 is 16.6 Å². The van der Waals surface area contributed by atoms with Crippen LogP contribution in [0.3, 0.4) is 0 Å². The second-order valence-electron chi connectivity index (χ2n) is 12.6. The number of oxime groups is 2. The van der Waals surface area contributed by atoms with Gasteiger partial charge in [-0.3, -0.25) is 0 Å². The van der Waals surface area contributed by atoms with Crippen LogP contribution in [-0.2, 0) is 9.05 Å². The van der Waals surface area contributed by atoms with Gasteiger partial charge in [-0.05, 0) is 43.6 Å². The van der Waals surface area contributed by atoms with Gasteiger partial charge in [0.05, 0.1) is 11.4 Å². The van der Waals surface area contributed by atoms with Gasteiger partial charge in [-0.15, -0.1) is 10.3 Å². The van der Waals surface area contributed by atoms with Gasteiger partial charge in [0.1, 0.15) is 0 Å². The van der Waals surface area contributed by atoms with Gasteiger partial charge in [-0.1, -0.05) is 212 Å². The Morgan fingerprint density at radius 2 is 0.615 bits per heavy atom. The lowest BCUT2D eigenvalue weighted by Gasteiger charge is -2.31. The Bertz CT molecular complexity index is 2010. The molecule has 0 unspecified atom stereocenters. The van der Waals surface area contributed by atoms with Gasteiger partial charge in [-0.2, -0.15) is 0 Å². The van der Waals surface area contributed by atoms with Crippen LogP contribution in [0.5, 0.6) is 0 Å². The fraction of sp³-hybridized carbons (Fsp3) is 0.0435. The minimum absolute atomic E-state index is 0.426. The predicted octanol–water partition coefficient (Wildman–Crippen LogP) is 6.52. The zero-order chi connectivity index (χ0) is 35.5.